The number of nitrogens with zero attached hydrogens (tertiary/aromatic N) is 5. The average Bonchev–Trinajstić information content (AvgIpc) is 3.41. The summed E-state index contributed by atoms with van der Waals surface area (Å²) in [4.78, 5) is 31.2. The van der Waals surface area contributed by atoms with Crippen LogP contribution in [0.5, 0.6) is 0 Å². The first-order valence-corrected chi connectivity index (χ1v) is 10.8. The zero-order valence-electron chi connectivity index (χ0n) is 17.9. The van der Waals surface area contributed by atoms with Crippen LogP contribution in [0.3, 0.4) is 0 Å². The zero-order chi connectivity index (χ0) is 23.9. The second-order valence-electron chi connectivity index (χ2n) is 8.63. The van der Waals surface area contributed by atoms with Crippen molar-refractivity contribution in [3.05, 3.63) is 66.0 Å². The van der Waals surface area contributed by atoms with Crippen molar-refractivity contribution in [2.24, 2.45) is 5.92 Å². The van der Waals surface area contributed by atoms with E-state index in [0.29, 0.717) is 37.3 Å². The van der Waals surface area contributed by atoms with Crippen LogP contribution in [0, 0.1) is 11.7 Å². The minimum Gasteiger partial charge on any atom is -0.352 e. The molecule has 1 amide bonds. The third kappa shape index (κ3) is 3.95. The van der Waals surface area contributed by atoms with Gasteiger partial charge in [0.1, 0.15) is 5.82 Å². The maximum atomic E-state index is 15.0. The molecule has 1 saturated heterocycles. The Hall–Kier alpha value is -3.63. The first-order valence-electron chi connectivity index (χ1n) is 10.8. The van der Waals surface area contributed by atoms with Gasteiger partial charge in [0.15, 0.2) is 5.82 Å². The molecule has 2 aliphatic rings. The molecule has 2 unspecified atom stereocenters. The van der Waals surface area contributed by atoms with E-state index in [1.807, 2.05) is 0 Å². The highest BCUT2D eigenvalue weighted by Gasteiger charge is 2.53. The first kappa shape index (κ1) is 22.2. The number of piperidine rings is 1. The van der Waals surface area contributed by atoms with E-state index < -0.39 is 29.0 Å². The number of aromatic nitrogens is 4. The largest absolute Gasteiger partial charge is 0.419 e. The predicted octanol–water partition coefficient (Wildman–Crippen LogP) is 4.20. The van der Waals surface area contributed by atoms with Crippen molar-refractivity contribution in [2.45, 2.75) is 31.0 Å². The van der Waals surface area contributed by atoms with Crippen molar-refractivity contribution >= 4 is 11.9 Å². The van der Waals surface area contributed by atoms with Crippen molar-refractivity contribution in [2.75, 3.05) is 18.4 Å². The van der Waals surface area contributed by atoms with Gasteiger partial charge in [0.25, 0.3) is 5.91 Å². The van der Waals surface area contributed by atoms with Gasteiger partial charge in [0.05, 0.1) is 16.7 Å². The van der Waals surface area contributed by atoms with Gasteiger partial charge in [-0.25, -0.2) is 24.3 Å². The maximum absolute atomic E-state index is 15.0. The maximum Gasteiger partial charge on any atom is 0.419 e. The first-order chi connectivity index (χ1) is 16.3. The van der Waals surface area contributed by atoms with E-state index in [9.17, 15) is 22.4 Å². The molecule has 1 saturated carbocycles. The second-order valence-corrected chi connectivity index (χ2v) is 8.63. The molecular weight excluding hydrogens is 452 g/mol. The zero-order valence-corrected chi connectivity index (χ0v) is 17.9. The van der Waals surface area contributed by atoms with Crippen LogP contribution in [-0.2, 0) is 6.18 Å². The molecule has 34 heavy (non-hydrogen) atoms. The third-order valence-corrected chi connectivity index (χ3v) is 6.53. The SMILES string of the molecule is O=C(c1c(F)cccc1-c1ncccn1)N1CC2CCC1(CNc1ncc(C(F)(F)F)cn1)C2. The number of rotatable bonds is 5. The summed E-state index contributed by atoms with van der Waals surface area (Å²) in [5.74, 6) is -0.568. The van der Waals surface area contributed by atoms with E-state index in [4.69, 9.17) is 0 Å². The number of fused-ring (bicyclic) bond motifs is 2. The van der Waals surface area contributed by atoms with Crippen LogP contribution in [0.15, 0.2) is 49.1 Å². The average molecular weight is 472 g/mol. The van der Waals surface area contributed by atoms with Crippen LogP contribution in [0.25, 0.3) is 11.4 Å². The number of hydrogen-bond acceptors (Lipinski definition) is 6. The molecule has 2 fully saturated rings. The van der Waals surface area contributed by atoms with Gasteiger partial charge in [-0.15, -0.1) is 0 Å². The highest BCUT2D eigenvalue weighted by atomic mass is 19.4. The summed E-state index contributed by atoms with van der Waals surface area (Å²) in [7, 11) is 0. The summed E-state index contributed by atoms with van der Waals surface area (Å²) in [6.45, 7) is 0.712. The fourth-order valence-electron chi connectivity index (χ4n) is 4.93. The fourth-order valence-corrected chi connectivity index (χ4v) is 4.93. The summed E-state index contributed by atoms with van der Waals surface area (Å²) in [6, 6.07) is 5.98. The molecule has 1 aliphatic heterocycles. The van der Waals surface area contributed by atoms with Gasteiger partial charge >= 0.3 is 6.18 Å². The Labute approximate surface area is 192 Å². The Kier molecular flexibility index (Phi) is 5.41. The lowest BCUT2D eigenvalue weighted by Crippen LogP contribution is -2.52. The predicted molar refractivity (Wildman–Crippen MR) is 114 cm³/mol. The Bertz CT molecular complexity index is 1200. The van der Waals surface area contributed by atoms with Crippen LogP contribution < -0.4 is 5.32 Å². The molecular formula is C23H20F4N6O. The normalized spacial score (nSPS) is 21.6. The quantitative estimate of drug-likeness (QED) is 0.561. The van der Waals surface area contributed by atoms with Gasteiger partial charge in [0.2, 0.25) is 5.95 Å². The van der Waals surface area contributed by atoms with Crippen molar-refractivity contribution in [3.8, 4) is 11.4 Å². The molecule has 3 heterocycles. The van der Waals surface area contributed by atoms with E-state index in [2.05, 4.69) is 25.3 Å². The van der Waals surface area contributed by atoms with Gasteiger partial charge in [-0.1, -0.05) is 12.1 Å². The molecule has 5 rings (SSSR count). The van der Waals surface area contributed by atoms with Crippen LogP contribution >= 0.6 is 0 Å². The number of carbonyl (C=O) groups is 1. The lowest BCUT2D eigenvalue weighted by Gasteiger charge is -2.39. The number of nitrogens with one attached hydrogen (secondary N) is 1. The van der Waals surface area contributed by atoms with Crippen LogP contribution in [-0.4, -0.2) is 49.4 Å². The number of carbonyl (C=O) groups excluding carboxylic acids is 1. The smallest absolute Gasteiger partial charge is 0.352 e. The number of likely N-dealkylation sites (tertiary alicyclic amines) is 1. The molecule has 2 bridgehead atoms. The molecule has 7 nitrogen and oxygen atoms in total. The van der Waals surface area contributed by atoms with Gasteiger partial charge in [-0.3, -0.25) is 4.79 Å². The van der Waals surface area contributed by atoms with Gasteiger partial charge in [-0.2, -0.15) is 13.2 Å². The Balaban J connectivity index is 1.41. The number of benzene rings is 1. The van der Waals surface area contributed by atoms with Crippen LogP contribution in [0.1, 0.15) is 35.2 Å². The molecule has 11 heteroatoms. The highest BCUT2D eigenvalue weighted by Crippen LogP contribution is 2.47. The topological polar surface area (TPSA) is 83.9 Å². The highest BCUT2D eigenvalue weighted by molar-refractivity contribution is 6.01. The molecule has 0 radical (unpaired) electrons. The van der Waals surface area contributed by atoms with Gasteiger partial charge in [-0.05, 0) is 37.3 Å². The Morgan fingerprint density at radius 2 is 1.85 bits per heavy atom. The summed E-state index contributed by atoms with van der Waals surface area (Å²) in [5.41, 5.74) is -1.34. The molecule has 1 aromatic carbocycles. The van der Waals surface area contributed by atoms with E-state index in [-0.39, 0.29) is 29.8 Å². The second kappa shape index (κ2) is 8.30. The lowest BCUT2D eigenvalue weighted by atomic mass is 9.94. The van der Waals surface area contributed by atoms with E-state index in [1.165, 1.54) is 24.5 Å². The lowest BCUT2D eigenvalue weighted by molar-refractivity contribution is -0.138. The number of halogens is 4. The monoisotopic (exact) mass is 472 g/mol. The molecule has 176 valence electrons. The van der Waals surface area contributed by atoms with E-state index in [1.54, 1.807) is 17.0 Å². The van der Waals surface area contributed by atoms with Crippen LogP contribution in [0.2, 0.25) is 0 Å². The summed E-state index contributed by atoms with van der Waals surface area (Å²) in [5, 5.41) is 2.98. The molecule has 1 aliphatic carbocycles. The molecule has 1 N–H and O–H groups in total. The van der Waals surface area contributed by atoms with Gasteiger partial charge in [0, 0.05) is 43.4 Å². The van der Waals surface area contributed by atoms with Crippen molar-refractivity contribution in [3.63, 3.8) is 0 Å². The van der Waals surface area contributed by atoms with Crippen molar-refractivity contribution < 1.29 is 22.4 Å². The Morgan fingerprint density at radius 3 is 2.53 bits per heavy atom. The number of anilines is 1. The van der Waals surface area contributed by atoms with Gasteiger partial charge < -0.3 is 10.2 Å². The molecule has 2 atom stereocenters. The van der Waals surface area contributed by atoms with E-state index in [0.717, 1.165) is 6.42 Å². The van der Waals surface area contributed by atoms with Crippen molar-refractivity contribution in [1.29, 1.82) is 0 Å². The standard InChI is InChI=1S/C23H20F4N6O/c24-17-4-1-3-16(19-28-7-2-8-29-19)18(17)20(34)33-12-14-5-6-22(33,9-14)13-32-21-30-10-15(11-31-21)23(25,26)27/h1-4,7-8,10-11,14H,5-6,9,12-13H2,(H,30,31,32). The minimum absolute atomic E-state index is 0.0365. The summed E-state index contributed by atoms with van der Waals surface area (Å²) in [6.07, 6.45) is 2.25. The van der Waals surface area contributed by atoms with E-state index >= 15 is 0 Å². The fraction of sp³-hybridized carbons (Fsp3) is 0.348. The molecule has 3 aromatic rings. The molecule has 2 aromatic heterocycles. The summed E-state index contributed by atoms with van der Waals surface area (Å²) >= 11 is 0. The molecule has 0 spiro atoms. The number of amides is 1. The summed E-state index contributed by atoms with van der Waals surface area (Å²) < 4.78 is 53.3. The number of hydrogen-bond donors (Lipinski definition) is 1. The minimum atomic E-state index is -4.52. The van der Waals surface area contributed by atoms with Crippen molar-refractivity contribution in [1.82, 2.24) is 24.8 Å². The third-order valence-electron chi connectivity index (χ3n) is 6.53. The number of alkyl halides is 3. The Morgan fingerprint density at radius 1 is 1.12 bits per heavy atom. The van der Waals surface area contributed by atoms with Crippen LogP contribution in [0.4, 0.5) is 23.5 Å².